The number of aromatic nitrogens is 3. The lowest BCUT2D eigenvalue weighted by Crippen LogP contribution is -2.61. The van der Waals surface area contributed by atoms with Gasteiger partial charge in [0.1, 0.15) is 0 Å². The second-order valence-corrected chi connectivity index (χ2v) is 50.0. The zero-order chi connectivity index (χ0) is 99.7. The van der Waals surface area contributed by atoms with E-state index in [1.54, 1.807) is 0 Å². The predicted molar refractivity (Wildman–Crippen MR) is 609 cm³/mol. The molecule has 0 bridgehead atoms. The molecule has 0 atom stereocenters. The first-order valence-corrected chi connectivity index (χ1v) is 51.1. The van der Waals surface area contributed by atoms with E-state index < -0.39 is 0 Å². The summed E-state index contributed by atoms with van der Waals surface area (Å²) in [4.78, 5) is 33.5. The van der Waals surface area contributed by atoms with E-state index in [1.807, 2.05) is 0 Å². The molecule has 6 aliphatic heterocycles. The lowest BCUT2D eigenvalue weighted by Gasteiger charge is -2.44. The molecule has 6 aliphatic rings. The van der Waals surface area contributed by atoms with Crippen molar-refractivity contribution in [1.29, 1.82) is 0 Å². The van der Waals surface area contributed by atoms with Crippen LogP contribution in [-0.2, 0) is 43.3 Å². The summed E-state index contributed by atoms with van der Waals surface area (Å²) in [5, 5.41) is 0. The second kappa shape index (κ2) is 33.1. The van der Waals surface area contributed by atoms with E-state index in [-0.39, 0.29) is 68.9 Å². The highest BCUT2D eigenvalue weighted by Crippen LogP contribution is 2.52. The van der Waals surface area contributed by atoms with Gasteiger partial charge in [0, 0.05) is 119 Å². The van der Waals surface area contributed by atoms with E-state index in [0.29, 0.717) is 17.5 Å². The number of hydrogen-bond donors (Lipinski definition) is 0. The third-order valence-electron chi connectivity index (χ3n) is 31.0. The summed E-state index contributed by atoms with van der Waals surface area (Å²) < 4.78 is 0. The number of benzene rings is 14. The zero-order valence-electron chi connectivity index (χ0n) is 88.5. The van der Waals surface area contributed by atoms with Crippen LogP contribution >= 0.6 is 0 Å². The molecule has 0 unspecified atom stereocenters. The fourth-order valence-electron chi connectivity index (χ4n) is 22.3. The lowest BCUT2D eigenvalue weighted by molar-refractivity contribution is 0.504. The third kappa shape index (κ3) is 16.3. The van der Waals surface area contributed by atoms with Crippen LogP contribution in [0, 0.1) is 5.41 Å². The molecular formula is C129H136B3N9. The van der Waals surface area contributed by atoms with Gasteiger partial charge < -0.3 is 29.4 Å². The van der Waals surface area contributed by atoms with Crippen molar-refractivity contribution in [1.82, 2.24) is 15.0 Å². The molecule has 0 fully saturated rings. The molecule has 0 spiro atoms. The van der Waals surface area contributed by atoms with Crippen molar-refractivity contribution < 1.29 is 0 Å². The number of nitrogens with zero attached hydrogens (tertiary/aromatic N) is 9. The normalized spacial score (nSPS) is 14.7. The average Bonchev–Trinajstić information content (AvgIpc) is 0.702. The first-order valence-electron chi connectivity index (χ1n) is 51.1. The first-order chi connectivity index (χ1) is 66.4. The standard InChI is InChI=1S/C129H136B3N9/c1-79(121(3,4)5)39-40-80(2)136-103-70-54-89(127(21,22)23)76-100(103)130-97-73-81(41-67-104(97)137(110-34-30-33-109(136)115(110)130)92-57-44-84(45-58-92)122(6,7)8)118-133-119(82-42-68-105-98(74-82)131-101-77-90(128(24,25)26)55-71-107(101)140(95-63-50-87(51-64-95)125(15,16)17)113-37-31-35-111(116(113)131)138(105)93-59-46-85(47-60-93)123(9,10)11)135-120(134-118)83-43-69-106-99(75-83)132-102-78-91(129(27,28)29)56-72-108(102)141(96-65-52-88(53-66-96)126(18,19)20)114-38-32-36-112(117(114)132)139(106)94-61-48-86(49-62-94)124(12,13)14/h30-78H,1-29H3/b79-39+,80-40+. The minimum Gasteiger partial charge on any atom is -0.315 e. The SMILES string of the molecule is C/C(=C\C=C(/C)C(C)(C)C)N1c2ccc(C(C)(C)C)cc2B2c3cc(-c4nc(-c5ccc6c(c5)B5c7cc(C(C)(C)C)ccc7N(c7ccc(C(C)(C)C)cc7)c7cccc(c75)N6c5ccc(C(C)(C)C)cc5)nc(-c5ccc6c(c5)B5c7cc(C(C)(C)C)ccc7N(c7ccc(C(C)(C)C)cc7)c7cccc(c75)N6c5ccc(C(C)(C)C)cc5)n4)ccc3N(c3ccc(C(C)(C)C)cc3)c3cccc1c32. The molecule has 0 saturated heterocycles. The summed E-state index contributed by atoms with van der Waals surface area (Å²) in [5.74, 6) is 1.73. The number of rotatable bonds is 10. The molecule has 141 heavy (non-hydrogen) atoms. The van der Waals surface area contributed by atoms with Gasteiger partial charge in [-0.3, -0.25) is 0 Å². The Balaban J connectivity index is 0.839. The molecular weight excluding hydrogens is 1710 g/mol. The molecule has 0 N–H and O–H groups in total. The summed E-state index contributed by atoms with van der Waals surface area (Å²) in [5.41, 5.74) is 44.7. The van der Waals surface area contributed by atoms with Crippen LogP contribution in [-0.4, -0.2) is 35.1 Å². The van der Waals surface area contributed by atoms with Crippen molar-refractivity contribution in [2.45, 2.75) is 244 Å². The third-order valence-corrected chi connectivity index (χ3v) is 31.0. The summed E-state index contributed by atoms with van der Waals surface area (Å²) in [6.07, 6.45) is 4.67. The number of anilines is 17. The number of fused-ring (bicyclic) bond motifs is 12. The highest BCUT2D eigenvalue weighted by Gasteiger charge is 2.49. The van der Waals surface area contributed by atoms with Crippen LogP contribution in [0.2, 0.25) is 0 Å². The Morgan fingerprint density at radius 2 is 0.418 bits per heavy atom. The van der Waals surface area contributed by atoms with Crippen molar-refractivity contribution in [3.05, 3.63) is 353 Å². The maximum absolute atomic E-state index is 6.09. The fourth-order valence-corrected chi connectivity index (χ4v) is 22.3. The van der Waals surface area contributed by atoms with Crippen LogP contribution in [0.15, 0.2) is 309 Å². The largest absolute Gasteiger partial charge is 0.315 e. The van der Waals surface area contributed by atoms with Crippen molar-refractivity contribution >= 4 is 166 Å². The Hall–Kier alpha value is -13.4. The van der Waals surface area contributed by atoms with Gasteiger partial charge in [-0.15, -0.1) is 0 Å². The fraction of sp³-hybridized carbons (Fsp3) is 0.295. The van der Waals surface area contributed by atoms with Crippen LogP contribution in [0.5, 0.6) is 0 Å². The first kappa shape index (κ1) is 93.8. The predicted octanol–water partition coefficient (Wildman–Crippen LogP) is 29.1. The Kier molecular flexibility index (Phi) is 22.0. The van der Waals surface area contributed by atoms with Crippen molar-refractivity contribution in [3.63, 3.8) is 0 Å². The van der Waals surface area contributed by atoms with Gasteiger partial charge >= 0.3 is 0 Å². The summed E-state index contributed by atoms with van der Waals surface area (Å²) in [6.45, 7) is 66.5. The van der Waals surface area contributed by atoms with Gasteiger partial charge in [0.05, 0.1) is 0 Å². The minimum absolute atomic E-state index is 0.0102. The van der Waals surface area contributed by atoms with Gasteiger partial charge in [-0.1, -0.05) is 332 Å². The van der Waals surface area contributed by atoms with Crippen molar-refractivity contribution in [3.8, 4) is 34.2 Å². The van der Waals surface area contributed by atoms with E-state index in [2.05, 4.69) is 527 Å². The van der Waals surface area contributed by atoms with Gasteiger partial charge in [0.2, 0.25) is 0 Å². The molecule has 14 aromatic carbocycles. The van der Waals surface area contributed by atoms with E-state index in [4.69, 9.17) is 15.0 Å². The summed E-state index contributed by atoms with van der Waals surface area (Å²) in [7, 11) is 0. The van der Waals surface area contributed by atoms with Crippen molar-refractivity contribution in [2.24, 2.45) is 5.41 Å². The highest BCUT2D eigenvalue weighted by molar-refractivity contribution is 7.02. The van der Waals surface area contributed by atoms with E-state index >= 15 is 0 Å². The quantitative estimate of drug-likeness (QED) is 0.0984. The Labute approximate surface area is 841 Å². The van der Waals surface area contributed by atoms with Gasteiger partial charge in [-0.25, -0.2) is 15.0 Å². The molecule has 7 heterocycles. The molecule has 21 rings (SSSR count). The van der Waals surface area contributed by atoms with E-state index in [0.717, 1.165) is 119 Å². The average molecular weight is 1850 g/mol. The lowest BCUT2D eigenvalue weighted by atomic mass is 9.33. The maximum Gasteiger partial charge on any atom is 0.252 e. The Morgan fingerprint density at radius 3 is 0.660 bits per heavy atom. The molecule has 1 aromatic heterocycles. The summed E-state index contributed by atoms with van der Waals surface area (Å²) >= 11 is 0. The van der Waals surface area contributed by atoms with Crippen LogP contribution in [0.3, 0.4) is 0 Å². The molecule has 0 radical (unpaired) electrons. The molecule has 0 aliphatic carbocycles. The molecule has 15 aromatic rings. The molecule has 12 heteroatoms. The van der Waals surface area contributed by atoms with Gasteiger partial charge in [-0.2, -0.15) is 0 Å². The van der Waals surface area contributed by atoms with Crippen LogP contribution in [0.4, 0.5) is 96.7 Å². The smallest absolute Gasteiger partial charge is 0.252 e. The van der Waals surface area contributed by atoms with Crippen LogP contribution < -0.4 is 78.6 Å². The molecule has 9 nitrogen and oxygen atoms in total. The van der Waals surface area contributed by atoms with Crippen LogP contribution in [0.1, 0.15) is 245 Å². The topological polar surface area (TPSA) is 58.1 Å². The van der Waals surface area contributed by atoms with E-state index in [9.17, 15) is 0 Å². The second-order valence-electron chi connectivity index (χ2n) is 50.0. The highest BCUT2D eigenvalue weighted by atomic mass is 15.2. The van der Waals surface area contributed by atoms with Crippen molar-refractivity contribution in [2.75, 3.05) is 29.4 Å². The summed E-state index contributed by atoms with van der Waals surface area (Å²) in [6, 6.07) is 111. The Bertz CT molecular complexity index is 7290. The van der Waals surface area contributed by atoms with E-state index in [1.165, 1.54) is 99.2 Å². The van der Waals surface area contributed by atoms with Gasteiger partial charge in [0.25, 0.3) is 20.1 Å². The minimum atomic E-state index is -0.228. The van der Waals surface area contributed by atoms with Gasteiger partial charge in [0.15, 0.2) is 17.5 Å². The number of allylic oxidation sites excluding steroid dienone is 4. The monoisotopic (exact) mass is 1840 g/mol. The number of hydrogen-bond acceptors (Lipinski definition) is 9. The Morgan fingerprint density at radius 1 is 0.213 bits per heavy atom. The maximum atomic E-state index is 6.09. The molecule has 706 valence electrons. The molecule has 0 amide bonds. The van der Waals surface area contributed by atoms with Gasteiger partial charge in [-0.05, 0) is 314 Å². The molecule has 0 saturated carbocycles. The van der Waals surface area contributed by atoms with Crippen LogP contribution in [0.25, 0.3) is 34.2 Å². The zero-order valence-corrected chi connectivity index (χ0v) is 88.5.